The van der Waals surface area contributed by atoms with E-state index in [0.29, 0.717) is 19.9 Å². The van der Waals surface area contributed by atoms with Crippen LogP contribution in [0.3, 0.4) is 0 Å². The molecule has 0 radical (unpaired) electrons. The maximum absolute atomic E-state index is 13.5. The zero-order chi connectivity index (χ0) is 18.1. The van der Waals surface area contributed by atoms with Crippen LogP contribution in [0.5, 0.6) is 0 Å². The van der Waals surface area contributed by atoms with Crippen molar-refractivity contribution in [2.45, 2.75) is 33.5 Å². The van der Waals surface area contributed by atoms with Crippen molar-refractivity contribution in [1.29, 1.82) is 0 Å². The molecule has 0 atom stereocenters. The van der Waals surface area contributed by atoms with Crippen LogP contribution in [0.25, 0.3) is 22.0 Å². The Morgan fingerprint density at radius 3 is 2.62 bits per heavy atom. The van der Waals surface area contributed by atoms with Crippen LogP contribution in [-0.2, 0) is 18.0 Å². The molecule has 1 aromatic heterocycles. The third-order valence-electron chi connectivity index (χ3n) is 5.03. The Morgan fingerprint density at radius 2 is 1.81 bits per heavy atom. The fourth-order valence-corrected chi connectivity index (χ4v) is 3.89. The highest BCUT2D eigenvalue weighted by Gasteiger charge is 2.31. The molecule has 0 saturated carbocycles. The van der Waals surface area contributed by atoms with E-state index in [1.807, 2.05) is 28.5 Å². The SMILES string of the molecule is CCCN1Cc2ccccc2-c2c(n(COCC)c3ccccc23)C1=O. The number of carbonyl (C=O) groups excluding carboxylic acids is 1. The molecule has 0 unspecified atom stereocenters. The van der Waals surface area contributed by atoms with Crippen molar-refractivity contribution in [2.24, 2.45) is 0 Å². The average Bonchev–Trinajstić information content (AvgIpc) is 2.93. The third kappa shape index (κ3) is 2.61. The number of carbonyl (C=O) groups is 1. The van der Waals surface area contributed by atoms with E-state index in [9.17, 15) is 4.79 Å². The van der Waals surface area contributed by atoms with Gasteiger partial charge in [-0.2, -0.15) is 0 Å². The molecule has 0 fully saturated rings. The Kier molecular flexibility index (Phi) is 4.51. The number of ether oxygens (including phenoxy) is 1. The Hall–Kier alpha value is -2.59. The second kappa shape index (κ2) is 6.96. The van der Waals surface area contributed by atoms with Gasteiger partial charge in [0.1, 0.15) is 12.4 Å². The molecule has 4 heteroatoms. The number of amides is 1. The van der Waals surface area contributed by atoms with E-state index in [1.165, 1.54) is 5.56 Å². The molecule has 4 rings (SSSR count). The lowest BCUT2D eigenvalue weighted by molar-refractivity contribution is 0.0678. The van der Waals surface area contributed by atoms with Crippen molar-refractivity contribution >= 4 is 16.8 Å². The molecule has 134 valence electrons. The van der Waals surface area contributed by atoms with Gasteiger partial charge < -0.3 is 14.2 Å². The maximum atomic E-state index is 13.5. The number of fused-ring (bicyclic) bond motifs is 5. The Balaban J connectivity index is 2.05. The van der Waals surface area contributed by atoms with E-state index in [1.54, 1.807) is 0 Å². The summed E-state index contributed by atoms with van der Waals surface area (Å²) in [4.78, 5) is 15.5. The number of nitrogens with zero attached hydrogens (tertiary/aromatic N) is 2. The molecular formula is C22H24N2O2. The molecule has 3 aromatic rings. The van der Waals surface area contributed by atoms with E-state index in [2.05, 4.69) is 43.3 Å². The number of hydrogen-bond donors (Lipinski definition) is 0. The molecule has 0 saturated heterocycles. The highest BCUT2D eigenvalue weighted by molar-refractivity contribution is 6.11. The monoisotopic (exact) mass is 348 g/mol. The molecule has 1 aliphatic rings. The Morgan fingerprint density at radius 1 is 1.04 bits per heavy atom. The number of hydrogen-bond acceptors (Lipinski definition) is 2. The van der Waals surface area contributed by atoms with Gasteiger partial charge >= 0.3 is 0 Å². The van der Waals surface area contributed by atoms with Crippen LogP contribution in [0.15, 0.2) is 48.5 Å². The van der Waals surface area contributed by atoms with Crippen LogP contribution in [0.1, 0.15) is 36.3 Å². The summed E-state index contributed by atoms with van der Waals surface area (Å²) in [5.74, 6) is 0.0916. The fourth-order valence-electron chi connectivity index (χ4n) is 3.89. The van der Waals surface area contributed by atoms with Crippen molar-refractivity contribution in [3.63, 3.8) is 0 Å². The fraction of sp³-hybridized carbons (Fsp3) is 0.318. The summed E-state index contributed by atoms with van der Waals surface area (Å²) < 4.78 is 7.76. The minimum absolute atomic E-state index is 0.0916. The molecule has 0 spiro atoms. The lowest BCUT2D eigenvalue weighted by Gasteiger charge is -2.21. The molecule has 2 aromatic carbocycles. The Labute approximate surface area is 154 Å². The van der Waals surface area contributed by atoms with Gasteiger partial charge in [-0.1, -0.05) is 49.4 Å². The van der Waals surface area contributed by atoms with Gasteiger partial charge in [0.05, 0.1) is 5.52 Å². The van der Waals surface area contributed by atoms with Crippen LogP contribution in [0.4, 0.5) is 0 Å². The lowest BCUT2D eigenvalue weighted by Crippen LogP contribution is -2.32. The van der Waals surface area contributed by atoms with E-state index < -0.39 is 0 Å². The summed E-state index contributed by atoms with van der Waals surface area (Å²) in [6.07, 6.45) is 0.939. The van der Waals surface area contributed by atoms with Crippen molar-refractivity contribution in [1.82, 2.24) is 9.47 Å². The van der Waals surface area contributed by atoms with Gasteiger partial charge in [0.2, 0.25) is 0 Å². The van der Waals surface area contributed by atoms with Gasteiger partial charge in [0.15, 0.2) is 0 Å². The molecular weight excluding hydrogens is 324 g/mol. The van der Waals surface area contributed by atoms with Gasteiger partial charge in [-0.15, -0.1) is 0 Å². The summed E-state index contributed by atoms with van der Waals surface area (Å²) in [6, 6.07) is 16.6. The quantitative estimate of drug-likeness (QED) is 0.671. The van der Waals surface area contributed by atoms with Gasteiger partial charge in [0.25, 0.3) is 5.91 Å². The first-order valence-corrected chi connectivity index (χ1v) is 9.32. The predicted octanol–water partition coefficient (Wildman–Crippen LogP) is 4.67. The van der Waals surface area contributed by atoms with Crippen LogP contribution < -0.4 is 0 Å². The zero-order valence-corrected chi connectivity index (χ0v) is 15.4. The van der Waals surface area contributed by atoms with Crippen molar-refractivity contribution in [3.8, 4) is 11.1 Å². The molecule has 0 bridgehead atoms. The number of benzene rings is 2. The molecule has 1 aliphatic heterocycles. The lowest BCUT2D eigenvalue weighted by atomic mass is 9.98. The normalized spacial score (nSPS) is 13.6. The van der Waals surface area contributed by atoms with E-state index in [4.69, 9.17) is 4.74 Å². The smallest absolute Gasteiger partial charge is 0.271 e. The summed E-state index contributed by atoms with van der Waals surface area (Å²) in [6.45, 7) is 6.50. The molecule has 1 amide bonds. The summed E-state index contributed by atoms with van der Waals surface area (Å²) >= 11 is 0. The summed E-state index contributed by atoms with van der Waals surface area (Å²) in [5.41, 5.74) is 5.19. The van der Waals surface area contributed by atoms with Gasteiger partial charge in [-0.05, 0) is 30.5 Å². The van der Waals surface area contributed by atoms with E-state index in [-0.39, 0.29) is 5.91 Å². The minimum Gasteiger partial charge on any atom is -0.361 e. The van der Waals surface area contributed by atoms with Crippen LogP contribution in [0.2, 0.25) is 0 Å². The first-order chi connectivity index (χ1) is 12.8. The molecule has 2 heterocycles. The predicted molar refractivity (Wildman–Crippen MR) is 104 cm³/mol. The van der Waals surface area contributed by atoms with Gasteiger partial charge in [-0.25, -0.2) is 0 Å². The number of para-hydroxylation sites is 1. The van der Waals surface area contributed by atoms with Crippen molar-refractivity contribution < 1.29 is 9.53 Å². The first kappa shape index (κ1) is 16.9. The topological polar surface area (TPSA) is 34.5 Å². The Bertz CT molecular complexity index is 958. The summed E-state index contributed by atoms with van der Waals surface area (Å²) in [5, 5.41) is 1.11. The van der Waals surface area contributed by atoms with E-state index in [0.717, 1.165) is 40.7 Å². The zero-order valence-electron chi connectivity index (χ0n) is 15.4. The molecule has 0 N–H and O–H groups in total. The second-order valence-corrected chi connectivity index (χ2v) is 6.67. The van der Waals surface area contributed by atoms with Crippen LogP contribution >= 0.6 is 0 Å². The highest BCUT2D eigenvalue weighted by Crippen LogP contribution is 2.40. The van der Waals surface area contributed by atoms with Crippen LogP contribution in [0, 0.1) is 0 Å². The standard InChI is InChI=1S/C22H24N2O2/c1-3-13-23-14-16-9-5-6-10-17(16)20-18-11-7-8-12-19(18)24(15-26-4-2)21(20)22(23)25/h5-12H,3-4,13-15H2,1-2H3. The van der Waals surface area contributed by atoms with Gasteiger partial charge in [0, 0.05) is 30.6 Å². The minimum atomic E-state index is 0.0916. The maximum Gasteiger partial charge on any atom is 0.271 e. The third-order valence-corrected chi connectivity index (χ3v) is 5.03. The van der Waals surface area contributed by atoms with E-state index >= 15 is 0 Å². The van der Waals surface area contributed by atoms with Crippen molar-refractivity contribution in [2.75, 3.05) is 13.2 Å². The molecule has 0 aliphatic carbocycles. The highest BCUT2D eigenvalue weighted by atomic mass is 16.5. The second-order valence-electron chi connectivity index (χ2n) is 6.67. The summed E-state index contributed by atoms with van der Waals surface area (Å²) in [7, 11) is 0. The molecule has 26 heavy (non-hydrogen) atoms. The largest absolute Gasteiger partial charge is 0.361 e. The molecule has 4 nitrogen and oxygen atoms in total. The van der Waals surface area contributed by atoms with Crippen LogP contribution in [-0.4, -0.2) is 28.5 Å². The number of rotatable bonds is 5. The first-order valence-electron chi connectivity index (χ1n) is 9.32. The van der Waals surface area contributed by atoms with Gasteiger partial charge in [-0.3, -0.25) is 4.79 Å². The average molecular weight is 348 g/mol. The number of aromatic nitrogens is 1. The van der Waals surface area contributed by atoms with Crippen molar-refractivity contribution in [3.05, 3.63) is 59.8 Å².